The molecular weight excluding hydrogens is 468 g/mol. The number of amides is 1. The van der Waals surface area contributed by atoms with Gasteiger partial charge in [0, 0.05) is 41.0 Å². The number of nitrogens with one attached hydrogen (secondary N) is 2. The Morgan fingerprint density at radius 2 is 2.00 bits per heavy atom. The molecule has 3 heterocycles. The molecule has 4 N–H and O–H groups in total. The van der Waals surface area contributed by atoms with Crippen molar-refractivity contribution >= 4 is 38.2 Å². The summed E-state index contributed by atoms with van der Waals surface area (Å²) in [5, 5.41) is 4.47. The Balaban J connectivity index is 1.63. The lowest BCUT2D eigenvalue weighted by molar-refractivity contribution is 0.100. The van der Waals surface area contributed by atoms with E-state index >= 15 is 0 Å². The third-order valence-corrected chi connectivity index (χ3v) is 9.55. The monoisotopic (exact) mass is 502 g/mol. The van der Waals surface area contributed by atoms with Crippen LogP contribution in [-0.4, -0.2) is 49.0 Å². The van der Waals surface area contributed by atoms with Crippen LogP contribution in [0.2, 0.25) is 0 Å². The van der Waals surface area contributed by atoms with Gasteiger partial charge in [-0.05, 0) is 73.5 Å². The number of nitrogens with zero attached hydrogens (tertiary/aromatic N) is 1. The standard InChI is InChI=1S/C25H34N4O3S2/c1-4-34(31,32)29-9-7-17(8-10-29)22-15-28-24-20(22)11-18(12-21(24)25(26)30)23-6-5-19(33-23)14-27-13-16(2)3/h5-6,11-12,15-17,27-28H,4,7-10,13-14H2,1-3H3,(H2,26,30). The number of carbonyl (C=O) groups is 1. The summed E-state index contributed by atoms with van der Waals surface area (Å²) >= 11 is 1.72. The molecule has 3 aromatic rings. The average molecular weight is 503 g/mol. The minimum Gasteiger partial charge on any atom is -0.366 e. The van der Waals surface area contributed by atoms with Crippen LogP contribution in [0.25, 0.3) is 21.3 Å². The molecule has 4 rings (SSSR count). The number of carbonyl (C=O) groups excluding carboxylic acids is 1. The van der Waals surface area contributed by atoms with Gasteiger partial charge in [0.2, 0.25) is 10.0 Å². The maximum atomic E-state index is 12.3. The number of nitrogens with two attached hydrogens (primary N) is 1. The molecule has 34 heavy (non-hydrogen) atoms. The molecule has 0 unspecified atom stereocenters. The van der Waals surface area contributed by atoms with Crippen molar-refractivity contribution in [1.82, 2.24) is 14.6 Å². The van der Waals surface area contributed by atoms with Crippen LogP contribution in [0.5, 0.6) is 0 Å². The molecule has 1 fully saturated rings. The van der Waals surface area contributed by atoms with E-state index in [2.05, 4.69) is 42.3 Å². The van der Waals surface area contributed by atoms with Crippen LogP contribution in [-0.2, 0) is 16.6 Å². The largest absolute Gasteiger partial charge is 0.366 e. The highest BCUT2D eigenvalue weighted by atomic mass is 32.2. The van der Waals surface area contributed by atoms with Crippen LogP contribution < -0.4 is 11.1 Å². The van der Waals surface area contributed by atoms with Crippen molar-refractivity contribution in [2.45, 2.75) is 46.1 Å². The van der Waals surface area contributed by atoms with Crippen LogP contribution in [0.4, 0.5) is 0 Å². The van der Waals surface area contributed by atoms with Crippen LogP contribution >= 0.6 is 11.3 Å². The Labute approximate surface area is 205 Å². The number of thiophene rings is 1. The van der Waals surface area contributed by atoms with Crippen molar-refractivity contribution in [1.29, 1.82) is 0 Å². The second-order valence-electron chi connectivity index (χ2n) is 9.42. The lowest BCUT2D eigenvalue weighted by Gasteiger charge is -2.31. The summed E-state index contributed by atoms with van der Waals surface area (Å²) in [6, 6.07) is 8.24. The molecule has 0 saturated carbocycles. The van der Waals surface area contributed by atoms with E-state index in [9.17, 15) is 13.2 Å². The molecule has 2 aromatic heterocycles. The number of hydrogen-bond acceptors (Lipinski definition) is 5. The number of hydrogen-bond donors (Lipinski definition) is 3. The van der Waals surface area contributed by atoms with E-state index in [1.165, 1.54) is 4.88 Å². The smallest absolute Gasteiger partial charge is 0.250 e. The zero-order valence-corrected chi connectivity index (χ0v) is 21.7. The summed E-state index contributed by atoms with van der Waals surface area (Å²) < 4.78 is 26.1. The Bertz CT molecular complexity index is 1270. The van der Waals surface area contributed by atoms with Crippen molar-refractivity contribution in [3.05, 3.63) is 46.5 Å². The normalized spacial score (nSPS) is 16.0. The first-order valence-corrected chi connectivity index (χ1v) is 14.3. The van der Waals surface area contributed by atoms with Gasteiger partial charge in [-0.25, -0.2) is 12.7 Å². The van der Waals surface area contributed by atoms with Gasteiger partial charge in [0.05, 0.1) is 16.8 Å². The number of aromatic nitrogens is 1. The summed E-state index contributed by atoms with van der Waals surface area (Å²) in [5.41, 5.74) is 9.10. The van der Waals surface area contributed by atoms with E-state index in [4.69, 9.17) is 5.73 Å². The molecule has 1 saturated heterocycles. The fraction of sp³-hybridized carbons (Fsp3) is 0.480. The van der Waals surface area contributed by atoms with Crippen molar-refractivity contribution in [3.8, 4) is 10.4 Å². The molecule has 0 aliphatic carbocycles. The van der Waals surface area contributed by atoms with E-state index in [-0.39, 0.29) is 11.7 Å². The van der Waals surface area contributed by atoms with Gasteiger partial charge in [-0.15, -0.1) is 11.3 Å². The molecule has 184 valence electrons. The summed E-state index contributed by atoms with van der Waals surface area (Å²) in [4.78, 5) is 17.9. The molecule has 1 aliphatic heterocycles. The number of benzene rings is 1. The Morgan fingerprint density at radius 1 is 1.26 bits per heavy atom. The molecular formula is C25H34N4O3S2. The van der Waals surface area contributed by atoms with Crippen molar-refractivity contribution in [3.63, 3.8) is 0 Å². The summed E-state index contributed by atoms with van der Waals surface area (Å²) in [5.74, 6) is 0.499. The predicted octanol–water partition coefficient (Wildman–Crippen LogP) is 4.27. The van der Waals surface area contributed by atoms with E-state index in [1.807, 2.05) is 12.3 Å². The zero-order chi connectivity index (χ0) is 24.5. The number of fused-ring (bicyclic) bond motifs is 1. The molecule has 0 spiro atoms. The van der Waals surface area contributed by atoms with Gasteiger partial charge in [0.25, 0.3) is 5.91 Å². The van der Waals surface area contributed by atoms with E-state index in [1.54, 1.807) is 22.6 Å². The van der Waals surface area contributed by atoms with Crippen molar-refractivity contribution in [2.24, 2.45) is 11.7 Å². The number of primary amides is 1. The first kappa shape index (κ1) is 24.9. The highest BCUT2D eigenvalue weighted by Crippen LogP contribution is 2.38. The lowest BCUT2D eigenvalue weighted by Crippen LogP contribution is -2.38. The van der Waals surface area contributed by atoms with Gasteiger partial charge in [-0.3, -0.25) is 4.79 Å². The second-order valence-corrected chi connectivity index (χ2v) is 12.8. The van der Waals surface area contributed by atoms with Gasteiger partial charge in [0.1, 0.15) is 0 Å². The second kappa shape index (κ2) is 10.2. The fourth-order valence-electron chi connectivity index (χ4n) is 4.67. The molecule has 7 nitrogen and oxygen atoms in total. The van der Waals surface area contributed by atoms with E-state index in [0.717, 1.165) is 52.8 Å². The summed E-state index contributed by atoms with van der Waals surface area (Å²) in [6.07, 6.45) is 3.48. The van der Waals surface area contributed by atoms with E-state index in [0.29, 0.717) is 24.6 Å². The molecule has 0 bridgehead atoms. The molecule has 9 heteroatoms. The average Bonchev–Trinajstić information content (AvgIpc) is 3.45. The van der Waals surface area contributed by atoms with Crippen LogP contribution in [0, 0.1) is 5.92 Å². The molecule has 1 aliphatic rings. The van der Waals surface area contributed by atoms with Gasteiger partial charge < -0.3 is 16.0 Å². The molecule has 1 amide bonds. The quantitative estimate of drug-likeness (QED) is 0.406. The first-order valence-electron chi connectivity index (χ1n) is 11.9. The van der Waals surface area contributed by atoms with Crippen molar-refractivity contribution in [2.75, 3.05) is 25.4 Å². The van der Waals surface area contributed by atoms with Crippen LogP contribution in [0.1, 0.15) is 60.3 Å². The van der Waals surface area contributed by atoms with Crippen molar-refractivity contribution < 1.29 is 13.2 Å². The predicted molar refractivity (Wildman–Crippen MR) is 140 cm³/mol. The maximum absolute atomic E-state index is 12.3. The minimum absolute atomic E-state index is 0.131. The highest BCUT2D eigenvalue weighted by Gasteiger charge is 2.29. The number of piperidine rings is 1. The van der Waals surface area contributed by atoms with Crippen LogP contribution in [0.15, 0.2) is 30.5 Å². The maximum Gasteiger partial charge on any atom is 0.250 e. The molecule has 1 aromatic carbocycles. The topological polar surface area (TPSA) is 108 Å². The van der Waals surface area contributed by atoms with Crippen LogP contribution in [0.3, 0.4) is 0 Å². The Hall–Kier alpha value is -2.20. The SMILES string of the molecule is CCS(=O)(=O)N1CCC(c2c[nH]c3c(C(N)=O)cc(-c4ccc(CNCC(C)C)s4)cc23)CC1. The Morgan fingerprint density at radius 3 is 2.65 bits per heavy atom. The molecule has 0 radical (unpaired) electrons. The third kappa shape index (κ3) is 5.22. The van der Waals surface area contributed by atoms with Gasteiger partial charge >= 0.3 is 0 Å². The van der Waals surface area contributed by atoms with E-state index < -0.39 is 15.9 Å². The first-order chi connectivity index (χ1) is 16.2. The third-order valence-electron chi connectivity index (χ3n) is 6.54. The Kier molecular flexibility index (Phi) is 7.47. The number of aromatic amines is 1. The fourth-order valence-corrected chi connectivity index (χ4v) is 6.76. The highest BCUT2D eigenvalue weighted by molar-refractivity contribution is 7.89. The summed E-state index contributed by atoms with van der Waals surface area (Å²) in [7, 11) is -3.17. The zero-order valence-electron chi connectivity index (χ0n) is 20.1. The van der Waals surface area contributed by atoms with Gasteiger partial charge in [-0.1, -0.05) is 13.8 Å². The number of sulfonamides is 1. The van der Waals surface area contributed by atoms with Gasteiger partial charge in [0.15, 0.2) is 0 Å². The number of H-pyrrole nitrogens is 1. The minimum atomic E-state index is -3.17. The molecule has 0 atom stereocenters. The lowest BCUT2D eigenvalue weighted by atomic mass is 9.89. The number of rotatable bonds is 9. The van der Waals surface area contributed by atoms with Gasteiger partial charge in [-0.2, -0.15) is 0 Å². The summed E-state index contributed by atoms with van der Waals surface area (Å²) in [6.45, 7) is 8.90.